The molecule has 0 aromatic carbocycles. The molecule has 0 radical (unpaired) electrons. The van der Waals surface area contributed by atoms with E-state index in [4.69, 9.17) is 11.5 Å². The third-order valence-corrected chi connectivity index (χ3v) is 1.64. The van der Waals surface area contributed by atoms with E-state index in [2.05, 4.69) is 5.92 Å². The first-order valence-corrected chi connectivity index (χ1v) is 4.69. The number of carboxylic acid groups (broad SMARTS) is 1. The molecule has 0 saturated carbocycles. The van der Waals surface area contributed by atoms with E-state index in [-0.39, 0.29) is 24.4 Å². The quantitative estimate of drug-likeness (QED) is 0.705. The van der Waals surface area contributed by atoms with Gasteiger partial charge in [-0.15, -0.1) is 6.42 Å². The van der Waals surface area contributed by atoms with Gasteiger partial charge in [0, 0.05) is 6.42 Å². The fourth-order valence-electron chi connectivity index (χ4n) is 1.07. The largest absolute Gasteiger partial charge is 0.480 e. The molecule has 4 heteroatoms. The molecular formula is C11H17NO3. The van der Waals surface area contributed by atoms with Crippen molar-refractivity contribution in [3.8, 4) is 12.3 Å². The van der Waals surface area contributed by atoms with Crippen molar-refractivity contribution >= 4 is 11.9 Å². The highest BCUT2D eigenvalue weighted by Gasteiger charge is 2.21. The summed E-state index contributed by atoms with van der Waals surface area (Å²) in [6.07, 6.45) is 5.36. The van der Waals surface area contributed by atoms with Crippen LogP contribution in [-0.4, -0.2) is 35.0 Å². The summed E-state index contributed by atoms with van der Waals surface area (Å²) in [7, 11) is 0. The second kappa shape index (κ2) is 5.40. The number of amides is 1. The van der Waals surface area contributed by atoms with E-state index in [1.54, 1.807) is 0 Å². The van der Waals surface area contributed by atoms with Gasteiger partial charge >= 0.3 is 5.97 Å². The standard InChI is InChI=1S/C11H17NO3/c1-5-6-12(8-10(14)15)9(13)7-11(2,3)4/h1H,6-8H2,2-4H3,(H,14,15). The van der Waals surface area contributed by atoms with Crippen LogP contribution >= 0.6 is 0 Å². The Bertz CT molecular complexity index is 283. The van der Waals surface area contributed by atoms with Crippen molar-refractivity contribution < 1.29 is 14.7 Å². The maximum Gasteiger partial charge on any atom is 0.323 e. The lowest BCUT2D eigenvalue weighted by atomic mass is 9.91. The smallest absolute Gasteiger partial charge is 0.323 e. The van der Waals surface area contributed by atoms with Crippen LogP contribution in [0.1, 0.15) is 27.2 Å². The predicted octanol–water partition coefficient (Wildman–Crippen LogP) is 0.969. The molecule has 0 unspecified atom stereocenters. The normalized spacial score (nSPS) is 10.5. The summed E-state index contributed by atoms with van der Waals surface area (Å²) in [5.41, 5.74) is -0.164. The van der Waals surface area contributed by atoms with Crippen LogP contribution in [0.3, 0.4) is 0 Å². The van der Waals surface area contributed by atoms with Crippen LogP contribution in [0.2, 0.25) is 0 Å². The molecule has 1 amide bonds. The van der Waals surface area contributed by atoms with E-state index >= 15 is 0 Å². The summed E-state index contributed by atoms with van der Waals surface area (Å²) >= 11 is 0. The molecule has 0 aliphatic rings. The van der Waals surface area contributed by atoms with Crippen LogP contribution < -0.4 is 0 Å². The summed E-state index contributed by atoms with van der Waals surface area (Å²) in [4.78, 5) is 23.3. The molecule has 4 nitrogen and oxygen atoms in total. The number of rotatable bonds is 4. The summed E-state index contributed by atoms with van der Waals surface area (Å²) < 4.78 is 0. The lowest BCUT2D eigenvalue weighted by Gasteiger charge is -2.23. The molecule has 0 rings (SSSR count). The summed E-state index contributed by atoms with van der Waals surface area (Å²) in [5, 5.41) is 8.60. The van der Waals surface area contributed by atoms with Crippen molar-refractivity contribution in [2.75, 3.05) is 13.1 Å². The topological polar surface area (TPSA) is 57.6 Å². The molecule has 0 bridgehead atoms. The van der Waals surface area contributed by atoms with Crippen molar-refractivity contribution in [1.29, 1.82) is 0 Å². The summed E-state index contributed by atoms with van der Waals surface area (Å²) in [5.74, 6) is 1.01. The first-order valence-electron chi connectivity index (χ1n) is 4.69. The fourth-order valence-corrected chi connectivity index (χ4v) is 1.07. The number of terminal acetylenes is 1. The zero-order valence-corrected chi connectivity index (χ0v) is 9.41. The second-order valence-corrected chi connectivity index (χ2v) is 4.59. The lowest BCUT2D eigenvalue weighted by molar-refractivity contribution is -0.144. The van der Waals surface area contributed by atoms with Crippen molar-refractivity contribution in [3.63, 3.8) is 0 Å². The lowest BCUT2D eigenvalue weighted by Crippen LogP contribution is -2.37. The molecule has 0 atom stereocenters. The fraction of sp³-hybridized carbons (Fsp3) is 0.636. The Balaban J connectivity index is 4.43. The molecule has 0 aliphatic carbocycles. The van der Waals surface area contributed by atoms with E-state index < -0.39 is 5.97 Å². The van der Waals surface area contributed by atoms with Crippen molar-refractivity contribution in [3.05, 3.63) is 0 Å². The van der Waals surface area contributed by atoms with Crippen LogP contribution in [0.15, 0.2) is 0 Å². The zero-order chi connectivity index (χ0) is 12.1. The Labute approximate surface area is 90.3 Å². The number of carbonyl (C=O) groups excluding carboxylic acids is 1. The van der Waals surface area contributed by atoms with E-state index in [0.717, 1.165) is 0 Å². The maximum atomic E-state index is 11.7. The first kappa shape index (κ1) is 13.5. The third-order valence-electron chi connectivity index (χ3n) is 1.64. The van der Waals surface area contributed by atoms with E-state index in [1.165, 1.54) is 4.90 Å². The minimum atomic E-state index is -1.05. The van der Waals surface area contributed by atoms with Crippen LogP contribution in [-0.2, 0) is 9.59 Å². The van der Waals surface area contributed by atoms with Gasteiger partial charge in [0.15, 0.2) is 0 Å². The Morgan fingerprint density at radius 3 is 2.27 bits per heavy atom. The van der Waals surface area contributed by atoms with Gasteiger partial charge in [-0.2, -0.15) is 0 Å². The molecule has 0 saturated heterocycles. The predicted molar refractivity (Wildman–Crippen MR) is 57.1 cm³/mol. The molecule has 0 aromatic heterocycles. The van der Waals surface area contributed by atoms with Gasteiger partial charge in [-0.05, 0) is 5.41 Å². The van der Waals surface area contributed by atoms with E-state index in [1.807, 2.05) is 20.8 Å². The number of hydrogen-bond donors (Lipinski definition) is 1. The van der Waals surface area contributed by atoms with Gasteiger partial charge in [0.05, 0.1) is 6.54 Å². The minimum Gasteiger partial charge on any atom is -0.480 e. The highest BCUT2D eigenvalue weighted by molar-refractivity contribution is 5.81. The Hall–Kier alpha value is -1.50. The third kappa shape index (κ3) is 6.55. The SMILES string of the molecule is C#CCN(CC(=O)O)C(=O)CC(C)(C)C. The number of carbonyl (C=O) groups is 2. The zero-order valence-electron chi connectivity index (χ0n) is 9.41. The van der Waals surface area contributed by atoms with Crippen molar-refractivity contribution in [1.82, 2.24) is 4.90 Å². The maximum absolute atomic E-state index is 11.7. The molecule has 0 heterocycles. The molecule has 1 N–H and O–H groups in total. The monoisotopic (exact) mass is 211 g/mol. The van der Waals surface area contributed by atoms with Gasteiger partial charge in [0.25, 0.3) is 0 Å². The van der Waals surface area contributed by atoms with E-state index in [9.17, 15) is 9.59 Å². The van der Waals surface area contributed by atoms with Gasteiger partial charge in [0.2, 0.25) is 5.91 Å². The molecule has 0 aliphatic heterocycles. The van der Waals surface area contributed by atoms with E-state index in [0.29, 0.717) is 6.42 Å². The van der Waals surface area contributed by atoms with Crippen LogP contribution in [0.4, 0.5) is 0 Å². The van der Waals surface area contributed by atoms with Gasteiger partial charge in [-0.25, -0.2) is 0 Å². The molecule has 0 spiro atoms. The second-order valence-electron chi connectivity index (χ2n) is 4.59. The van der Waals surface area contributed by atoms with Gasteiger partial charge in [-0.1, -0.05) is 26.7 Å². The van der Waals surface area contributed by atoms with Crippen LogP contribution in [0, 0.1) is 17.8 Å². The molecule has 0 aromatic rings. The Morgan fingerprint density at radius 1 is 1.40 bits per heavy atom. The van der Waals surface area contributed by atoms with Crippen molar-refractivity contribution in [2.45, 2.75) is 27.2 Å². The molecule has 0 fully saturated rings. The average Bonchev–Trinajstić information content (AvgIpc) is 1.99. The molecular weight excluding hydrogens is 194 g/mol. The number of hydrogen-bond acceptors (Lipinski definition) is 2. The summed E-state index contributed by atoms with van der Waals surface area (Å²) in [6, 6.07) is 0. The highest BCUT2D eigenvalue weighted by Crippen LogP contribution is 2.19. The van der Waals surface area contributed by atoms with Gasteiger partial charge in [-0.3, -0.25) is 9.59 Å². The Kier molecular flexibility index (Phi) is 4.86. The van der Waals surface area contributed by atoms with Gasteiger partial charge in [0.1, 0.15) is 6.54 Å². The molecule has 84 valence electrons. The average molecular weight is 211 g/mol. The molecule has 15 heavy (non-hydrogen) atoms. The number of aliphatic carboxylic acids is 1. The first-order chi connectivity index (χ1) is 6.76. The number of nitrogens with zero attached hydrogens (tertiary/aromatic N) is 1. The minimum absolute atomic E-state index is 0.0429. The highest BCUT2D eigenvalue weighted by atomic mass is 16.4. The summed E-state index contributed by atoms with van der Waals surface area (Å²) in [6.45, 7) is 5.46. The van der Waals surface area contributed by atoms with Gasteiger partial charge < -0.3 is 10.0 Å². The van der Waals surface area contributed by atoms with Crippen LogP contribution in [0.25, 0.3) is 0 Å². The van der Waals surface area contributed by atoms with Crippen LogP contribution in [0.5, 0.6) is 0 Å². The number of carboxylic acids is 1. The Morgan fingerprint density at radius 2 is 1.93 bits per heavy atom. The van der Waals surface area contributed by atoms with Crippen molar-refractivity contribution in [2.24, 2.45) is 5.41 Å².